The number of thiophene rings is 1. The summed E-state index contributed by atoms with van der Waals surface area (Å²) in [4.78, 5) is 26.8. The van der Waals surface area contributed by atoms with Gasteiger partial charge in [-0.25, -0.2) is 14.4 Å². The first-order valence-corrected chi connectivity index (χ1v) is 12.8. The number of rotatable bonds is 6. The van der Waals surface area contributed by atoms with Gasteiger partial charge in [0.15, 0.2) is 0 Å². The molecule has 0 saturated carbocycles. The molecule has 1 aliphatic rings. The summed E-state index contributed by atoms with van der Waals surface area (Å²) in [7, 11) is 1.68. The Morgan fingerprint density at radius 3 is 2.62 bits per heavy atom. The molecule has 0 aliphatic carbocycles. The van der Waals surface area contributed by atoms with Crippen molar-refractivity contribution in [2.75, 3.05) is 43.9 Å². The highest BCUT2D eigenvalue weighted by Gasteiger charge is 2.23. The Labute approximate surface area is 205 Å². The van der Waals surface area contributed by atoms with Gasteiger partial charge in [-0.15, -0.1) is 11.3 Å². The second kappa shape index (κ2) is 9.99. The van der Waals surface area contributed by atoms with Gasteiger partial charge in [-0.1, -0.05) is 36.0 Å². The number of nitrogens with zero attached hydrogens (tertiary/aromatic N) is 4. The topological polar surface area (TPSA) is 58.6 Å². The number of amides is 1. The minimum atomic E-state index is -0.273. The molecular formula is C25H23FN4O2S2. The number of ether oxygens (including phenoxy) is 1. The van der Waals surface area contributed by atoms with Crippen molar-refractivity contribution < 1.29 is 13.9 Å². The average molecular weight is 495 g/mol. The molecule has 6 nitrogen and oxygen atoms in total. The lowest BCUT2D eigenvalue weighted by Crippen LogP contribution is -2.49. The number of fused-ring (bicyclic) bond motifs is 1. The Hall–Kier alpha value is -3.17. The first-order chi connectivity index (χ1) is 16.6. The Morgan fingerprint density at radius 2 is 1.85 bits per heavy atom. The first-order valence-electron chi connectivity index (χ1n) is 10.9. The molecule has 1 saturated heterocycles. The van der Waals surface area contributed by atoms with Crippen LogP contribution in [-0.2, 0) is 4.79 Å². The lowest BCUT2D eigenvalue weighted by molar-refractivity contribution is -0.128. The fourth-order valence-corrected chi connectivity index (χ4v) is 6.00. The Balaban J connectivity index is 1.26. The molecule has 174 valence electrons. The normalized spacial score (nSPS) is 13.9. The molecule has 3 heterocycles. The third-order valence-electron chi connectivity index (χ3n) is 5.88. The van der Waals surface area contributed by atoms with Crippen molar-refractivity contribution in [1.82, 2.24) is 14.9 Å². The number of anilines is 1. The van der Waals surface area contributed by atoms with Crippen LogP contribution in [0.1, 0.15) is 0 Å². The van der Waals surface area contributed by atoms with E-state index in [1.54, 1.807) is 19.2 Å². The molecule has 5 rings (SSSR count). The lowest BCUT2D eigenvalue weighted by atomic mass is 10.1. The molecule has 1 amide bonds. The van der Waals surface area contributed by atoms with Crippen LogP contribution in [0.4, 0.5) is 10.1 Å². The Morgan fingerprint density at radius 1 is 1.09 bits per heavy atom. The SMILES string of the molecule is COc1ccccc1N1CCN(C(=O)CSc2ncnc3scc(-c4ccc(F)cc4)c23)CC1. The summed E-state index contributed by atoms with van der Waals surface area (Å²) in [6, 6.07) is 14.4. The number of carbonyl (C=O) groups excluding carboxylic acids is 1. The summed E-state index contributed by atoms with van der Waals surface area (Å²) in [6.45, 7) is 2.84. The van der Waals surface area contributed by atoms with Gasteiger partial charge >= 0.3 is 0 Å². The highest BCUT2D eigenvalue weighted by molar-refractivity contribution is 8.00. The average Bonchev–Trinajstić information content (AvgIpc) is 3.33. The van der Waals surface area contributed by atoms with Gasteiger partial charge in [0.25, 0.3) is 0 Å². The molecule has 2 aromatic heterocycles. The fraction of sp³-hybridized carbons (Fsp3) is 0.240. The number of carbonyl (C=O) groups is 1. The van der Waals surface area contributed by atoms with Gasteiger partial charge in [0.05, 0.1) is 23.9 Å². The van der Waals surface area contributed by atoms with Crippen molar-refractivity contribution in [2.24, 2.45) is 0 Å². The van der Waals surface area contributed by atoms with E-state index in [1.165, 1.54) is 41.6 Å². The van der Waals surface area contributed by atoms with Crippen LogP contribution in [-0.4, -0.2) is 59.8 Å². The van der Waals surface area contributed by atoms with Crippen molar-refractivity contribution in [2.45, 2.75) is 5.03 Å². The Kier molecular flexibility index (Phi) is 6.64. The van der Waals surface area contributed by atoms with Gasteiger partial charge in [0.1, 0.15) is 27.8 Å². The van der Waals surface area contributed by atoms with E-state index >= 15 is 0 Å². The smallest absolute Gasteiger partial charge is 0.233 e. The molecule has 34 heavy (non-hydrogen) atoms. The van der Waals surface area contributed by atoms with E-state index in [0.29, 0.717) is 18.8 Å². The summed E-state index contributed by atoms with van der Waals surface area (Å²) in [5, 5.41) is 3.69. The van der Waals surface area contributed by atoms with Crippen LogP contribution in [0.5, 0.6) is 5.75 Å². The van der Waals surface area contributed by atoms with Gasteiger partial charge < -0.3 is 14.5 Å². The number of hydrogen-bond donors (Lipinski definition) is 0. The summed E-state index contributed by atoms with van der Waals surface area (Å²) in [6.07, 6.45) is 1.53. The zero-order chi connectivity index (χ0) is 23.5. The second-order valence-corrected chi connectivity index (χ2v) is 9.67. The van der Waals surface area contributed by atoms with Crippen molar-refractivity contribution in [3.63, 3.8) is 0 Å². The number of para-hydroxylation sites is 2. The predicted molar refractivity (Wildman–Crippen MR) is 135 cm³/mol. The van der Waals surface area contributed by atoms with Crippen molar-refractivity contribution in [3.8, 4) is 16.9 Å². The monoisotopic (exact) mass is 494 g/mol. The summed E-state index contributed by atoms with van der Waals surface area (Å²) in [5.74, 6) is 0.971. The zero-order valence-corrected chi connectivity index (χ0v) is 20.2. The molecule has 4 aromatic rings. The first kappa shape index (κ1) is 22.6. The summed E-state index contributed by atoms with van der Waals surface area (Å²) in [5.41, 5.74) is 2.92. The number of thioether (sulfide) groups is 1. The van der Waals surface area contributed by atoms with E-state index in [1.807, 2.05) is 34.5 Å². The largest absolute Gasteiger partial charge is 0.495 e. The zero-order valence-electron chi connectivity index (χ0n) is 18.6. The molecule has 2 aromatic carbocycles. The number of methoxy groups -OCH3 is 1. The molecule has 0 bridgehead atoms. The number of hydrogen-bond acceptors (Lipinski definition) is 7. The van der Waals surface area contributed by atoms with E-state index in [2.05, 4.69) is 14.9 Å². The maximum atomic E-state index is 13.4. The molecule has 0 unspecified atom stereocenters. The van der Waals surface area contributed by atoms with Crippen LogP contribution in [0, 0.1) is 5.82 Å². The van der Waals surface area contributed by atoms with Crippen LogP contribution in [0.15, 0.2) is 65.3 Å². The van der Waals surface area contributed by atoms with E-state index < -0.39 is 0 Å². The number of halogens is 1. The van der Waals surface area contributed by atoms with Gasteiger partial charge in [-0.05, 0) is 29.8 Å². The molecule has 0 radical (unpaired) electrons. The lowest BCUT2D eigenvalue weighted by Gasteiger charge is -2.36. The maximum Gasteiger partial charge on any atom is 0.233 e. The molecule has 9 heteroatoms. The van der Waals surface area contributed by atoms with Crippen molar-refractivity contribution in [3.05, 3.63) is 66.1 Å². The van der Waals surface area contributed by atoms with Crippen LogP contribution in [0.2, 0.25) is 0 Å². The van der Waals surface area contributed by atoms with E-state index in [4.69, 9.17) is 4.74 Å². The van der Waals surface area contributed by atoms with Gasteiger partial charge in [-0.3, -0.25) is 4.79 Å². The predicted octanol–water partition coefficient (Wildman–Crippen LogP) is 4.95. The summed E-state index contributed by atoms with van der Waals surface area (Å²) >= 11 is 2.95. The minimum Gasteiger partial charge on any atom is -0.495 e. The minimum absolute atomic E-state index is 0.0926. The molecule has 0 N–H and O–H groups in total. The number of piperazine rings is 1. The van der Waals surface area contributed by atoms with Crippen LogP contribution in [0.3, 0.4) is 0 Å². The van der Waals surface area contributed by atoms with Crippen LogP contribution in [0.25, 0.3) is 21.3 Å². The van der Waals surface area contributed by atoms with E-state index in [-0.39, 0.29) is 11.7 Å². The van der Waals surface area contributed by atoms with Gasteiger partial charge in [0.2, 0.25) is 5.91 Å². The third kappa shape index (κ3) is 4.58. The quantitative estimate of drug-likeness (QED) is 0.279. The second-order valence-electron chi connectivity index (χ2n) is 7.84. The standard InChI is InChI=1S/C25H23FN4O2S2/c1-32-21-5-3-2-4-20(21)29-10-12-30(13-11-29)22(31)15-34-25-23-19(14-33-24(23)27-16-28-25)17-6-8-18(26)9-7-17/h2-9,14,16H,10-13,15H2,1H3. The molecule has 0 spiro atoms. The molecule has 0 atom stereocenters. The summed E-state index contributed by atoms with van der Waals surface area (Å²) < 4.78 is 18.9. The molecular weight excluding hydrogens is 471 g/mol. The maximum absolute atomic E-state index is 13.4. The highest BCUT2D eigenvalue weighted by Crippen LogP contribution is 2.38. The van der Waals surface area contributed by atoms with Gasteiger partial charge in [-0.2, -0.15) is 0 Å². The Bertz CT molecular complexity index is 1300. The molecule has 1 aliphatic heterocycles. The van der Waals surface area contributed by atoms with Crippen molar-refractivity contribution in [1.29, 1.82) is 0 Å². The van der Waals surface area contributed by atoms with E-state index in [9.17, 15) is 9.18 Å². The van der Waals surface area contributed by atoms with Crippen molar-refractivity contribution >= 4 is 44.9 Å². The van der Waals surface area contributed by atoms with Crippen LogP contribution >= 0.6 is 23.1 Å². The van der Waals surface area contributed by atoms with Gasteiger partial charge in [0, 0.05) is 37.1 Å². The third-order valence-corrected chi connectivity index (χ3v) is 7.74. The fourth-order valence-electron chi connectivity index (χ4n) is 4.11. The van der Waals surface area contributed by atoms with E-state index in [0.717, 1.165) is 50.9 Å². The highest BCUT2D eigenvalue weighted by atomic mass is 32.2. The molecule has 1 fully saturated rings. The number of benzene rings is 2. The number of aromatic nitrogens is 2. The van der Waals surface area contributed by atoms with Crippen LogP contribution < -0.4 is 9.64 Å².